The third-order valence-electron chi connectivity index (χ3n) is 2.70. The molecular formula is C12H13NO. The van der Waals surface area contributed by atoms with Crippen LogP contribution in [-0.4, -0.2) is 5.78 Å². The number of Topliss-reactive ketones (excluding diaryl/α,β-unsaturated/α-hetero) is 1. The van der Waals surface area contributed by atoms with Crippen molar-refractivity contribution in [2.45, 2.75) is 18.9 Å². The van der Waals surface area contributed by atoms with Crippen LogP contribution in [0.3, 0.4) is 0 Å². The summed E-state index contributed by atoms with van der Waals surface area (Å²) in [4.78, 5) is 11.6. The molecule has 2 N–H and O–H groups in total. The van der Waals surface area contributed by atoms with Gasteiger partial charge in [0.1, 0.15) is 0 Å². The van der Waals surface area contributed by atoms with Crippen molar-refractivity contribution in [1.29, 1.82) is 0 Å². The standard InChI is InChI=1S/C12H13NO/c1-2-8-3-4-9-10(7-8)12(14)6-5-11(9)13/h2-4,7,11H,1,5-6,13H2. The lowest BCUT2D eigenvalue weighted by Gasteiger charge is -2.21. The van der Waals surface area contributed by atoms with Gasteiger partial charge in [0, 0.05) is 18.0 Å². The fourth-order valence-corrected chi connectivity index (χ4v) is 1.84. The van der Waals surface area contributed by atoms with Crippen LogP contribution in [0.5, 0.6) is 0 Å². The van der Waals surface area contributed by atoms with Gasteiger partial charge < -0.3 is 5.73 Å². The van der Waals surface area contributed by atoms with E-state index in [9.17, 15) is 4.79 Å². The summed E-state index contributed by atoms with van der Waals surface area (Å²) in [6, 6.07) is 5.78. The number of hydrogen-bond donors (Lipinski definition) is 1. The maximum Gasteiger partial charge on any atom is 0.163 e. The SMILES string of the molecule is C=Cc1ccc2c(c1)C(=O)CCC2N. The van der Waals surface area contributed by atoms with Gasteiger partial charge in [0.15, 0.2) is 5.78 Å². The first-order valence-corrected chi connectivity index (χ1v) is 4.77. The van der Waals surface area contributed by atoms with E-state index in [4.69, 9.17) is 5.73 Å². The molecule has 0 bridgehead atoms. The highest BCUT2D eigenvalue weighted by Gasteiger charge is 2.22. The number of benzene rings is 1. The molecule has 1 atom stereocenters. The summed E-state index contributed by atoms with van der Waals surface area (Å²) in [5.41, 5.74) is 8.66. The molecular weight excluding hydrogens is 174 g/mol. The van der Waals surface area contributed by atoms with Crippen LogP contribution in [0.25, 0.3) is 6.08 Å². The summed E-state index contributed by atoms with van der Waals surface area (Å²) < 4.78 is 0. The van der Waals surface area contributed by atoms with Crippen LogP contribution in [0.15, 0.2) is 24.8 Å². The number of fused-ring (bicyclic) bond motifs is 1. The van der Waals surface area contributed by atoms with Gasteiger partial charge in [-0.25, -0.2) is 0 Å². The van der Waals surface area contributed by atoms with Gasteiger partial charge in [0.2, 0.25) is 0 Å². The summed E-state index contributed by atoms with van der Waals surface area (Å²) in [6.45, 7) is 3.68. The molecule has 2 heteroatoms. The van der Waals surface area contributed by atoms with E-state index in [-0.39, 0.29) is 11.8 Å². The predicted molar refractivity (Wildman–Crippen MR) is 57.0 cm³/mol. The van der Waals surface area contributed by atoms with Crippen molar-refractivity contribution >= 4 is 11.9 Å². The van der Waals surface area contributed by atoms with E-state index in [0.717, 1.165) is 23.1 Å². The summed E-state index contributed by atoms with van der Waals surface area (Å²) in [6.07, 6.45) is 3.07. The molecule has 0 fully saturated rings. The highest BCUT2D eigenvalue weighted by Crippen LogP contribution is 2.28. The van der Waals surface area contributed by atoms with Crippen LogP contribution in [-0.2, 0) is 0 Å². The van der Waals surface area contributed by atoms with E-state index in [2.05, 4.69) is 6.58 Å². The van der Waals surface area contributed by atoms with E-state index in [1.807, 2.05) is 18.2 Å². The zero-order chi connectivity index (χ0) is 10.1. The molecule has 1 aliphatic rings. The first kappa shape index (κ1) is 9.16. The Balaban J connectivity index is 2.56. The van der Waals surface area contributed by atoms with Crippen molar-refractivity contribution < 1.29 is 4.79 Å². The lowest BCUT2D eigenvalue weighted by molar-refractivity contribution is 0.0967. The Bertz CT molecular complexity index is 395. The fraction of sp³-hybridized carbons (Fsp3) is 0.250. The van der Waals surface area contributed by atoms with Gasteiger partial charge in [-0.3, -0.25) is 4.79 Å². The summed E-state index contributed by atoms with van der Waals surface area (Å²) in [5, 5.41) is 0. The highest BCUT2D eigenvalue weighted by atomic mass is 16.1. The fourth-order valence-electron chi connectivity index (χ4n) is 1.84. The second-order valence-corrected chi connectivity index (χ2v) is 3.62. The lowest BCUT2D eigenvalue weighted by Crippen LogP contribution is -2.21. The van der Waals surface area contributed by atoms with Gasteiger partial charge in [-0.15, -0.1) is 0 Å². The zero-order valence-corrected chi connectivity index (χ0v) is 7.99. The molecule has 2 rings (SSSR count). The monoisotopic (exact) mass is 187 g/mol. The molecule has 1 aromatic carbocycles. The van der Waals surface area contributed by atoms with Gasteiger partial charge in [0.25, 0.3) is 0 Å². The van der Waals surface area contributed by atoms with Crippen molar-refractivity contribution in [3.8, 4) is 0 Å². The largest absolute Gasteiger partial charge is 0.324 e. The minimum Gasteiger partial charge on any atom is -0.324 e. The molecule has 0 aromatic heterocycles. The highest BCUT2D eigenvalue weighted by molar-refractivity contribution is 5.99. The molecule has 0 amide bonds. The molecule has 0 spiro atoms. The average Bonchev–Trinajstić information content (AvgIpc) is 2.23. The molecule has 72 valence electrons. The molecule has 0 aliphatic heterocycles. The summed E-state index contributed by atoms with van der Waals surface area (Å²) in [7, 11) is 0. The second kappa shape index (κ2) is 3.39. The molecule has 2 nitrogen and oxygen atoms in total. The molecule has 1 aromatic rings. The maximum atomic E-state index is 11.6. The molecule has 1 unspecified atom stereocenters. The number of rotatable bonds is 1. The Morgan fingerprint density at radius 3 is 3.00 bits per heavy atom. The molecule has 14 heavy (non-hydrogen) atoms. The van der Waals surface area contributed by atoms with E-state index < -0.39 is 0 Å². The van der Waals surface area contributed by atoms with Gasteiger partial charge >= 0.3 is 0 Å². The van der Waals surface area contributed by atoms with E-state index in [1.165, 1.54) is 0 Å². The first-order chi connectivity index (χ1) is 6.72. The quantitative estimate of drug-likeness (QED) is 0.733. The topological polar surface area (TPSA) is 43.1 Å². The van der Waals surface area contributed by atoms with Crippen molar-refractivity contribution in [3.63, 3.8) is 0 Å². The zero-order valence-electron chi connectivity index (χ0n) is 7.99. The Morgan fingerprint density at radius 1 is 1.50 bits per heavy atom. The third-order valence-corrected chi connectivity index (χ3v) is 2.70. The van der Waals surface area contributed by atoms with E-state index >= 15 is 0 Å². The number of carbonyl (C=O) groups is 1. The van der Waals surface area contributed by atoms with Gasteiger partial charge in [-0.05, 0) is 23.6 Å². The summed E-state index contributed by atoms with van der Waals surface area (Å²) >= 11 is 0. The van der Waals surface area contributed by atoms with E-state index in [1.54, 1.807) is 6.08 Å². The van der Waals surface area contributed by atoms with Gasteiger partial charge in [-0.2, -0.15) is 0 Å². The van der Waals surface area contributed by atoms with Crippen LogP contribution >= 0.6 is 0 Å². The Labute approximate surface area is 83.4 Å². The average molecular weight is 187 g/mol. The second-order valence-electron chi connectivity index (χ2n) is 3.62. The Morgan fingerprint density at radius 2 is 2.29 bits per heavy atom. The predicted octanol–water partition coefficient (Wildman–Crippen LogP) is 2.31. The van der Waals surface area contributed by atoms with Crippen LogP contribution in [0.4, 0.5) is 0 Å². The van der Waals surface area contributed by atoms with Crippen molar-refractivity contribution in [3.05, 3.63) is 41.5 Å². The minimum absolute atomic E-state index is 0.0153. The van der Waals surface area contributed by atoms with Crippen molar-refractivity contribution in [1.82, 2.24) is 0 Å². The lowest BCUT2D eigenvalue weighted by atomic mass is 9.86. The van der Waals surface area contributed by atoms with Gasteiger partial charge in [0.05, 0.1) is 0 Å². The van der Waals surface area contributed by atoms with Crippen molar-refractivity contribution in [2.75, 3.05) is 0 Å². The molecule has 0 heterocycles. The van der Waals surface area contributed by atoms with Gasteiger partial charge in [-0.1, -0.05) is 24.8 Å². The summed E-state index contributed by atoms with van der Waals surface area (Å²) in [5.74, 6) is 0.199. The van der Waals surface area contributed by atoms with Crippen molar-refractivity contribution in [2.24, 2.45) is 5.73 Å². The van der Waals surface area contributed by atoms with Crippen LogP contribution in [0, 0.1) is 0 Å². The number of carbonyl (C=O) groups excluding carboxylic acids is 1. The molecule has 0 radical (unpaired) electrons. The number of hydrogen-bond acceptors (Lipinski definition) is 2. The molecule has 0 saturated heterocycles. The smallest absolute Gasteiger partial charge is 0.163 e. The number of nitrogens with two attached hydrogens (primary N) is 1. The Kier molecular flexibility index (Phi) is 2.22. The van der Waals surface area contributed by atoms with Crippen LogP contribution < -0.4 is 5.73 Å². The van der Waals surface area contributed by atoms with Crippen LogP contribution in [0.2, 0.25) is 0 Å². The maximum absolute atomic E-state index is 11.6. The normalized spacial score (nSPS) is 20.4. The number of ketones is 1. The third kappa shape index (κ3) is 1.38. The molecule has 1 aliphatic carbocycles. The Hall–Kier alpha value is -1.41. The van der Waals surface area contributed by atoms with E-state index in [0.29, 0.717) is 6.42 Å². The first-order valence-electron chi connectivity index (χ1n) is 4.77. The molecule has 0 saturated carbocycles. The minimum atomic E-state index is 0.0153. The van der Waals surface area contributed by atoms with Crippen LogP contribution in [0.1, 0.15) is 40.4 Å².